The zero-order chi connectivity index (χ0) is 22.1. The summed E-state index contributed by atoms with van der Waals surface area (Å²) in [5.41, 5.74) is 1.53. The molecule has 162 valence electrons. The number of para-hydroxylation sites is 1. The Bertz CT molecular complexity index is 1200. The fourth-order valence-corrected chi connectivity index (χ4v) is 5.98. The van der Waals surface area contributed by atoms with Crippen molar-refractivity contribution in [2.75, 3.05) is 20.2 Å². The van der Waals surface area contributed by atoms with Gasteiger partial charge in [-0.1, -0.05) is 30.0 Å². The minimum Gasteiger partial charge on any atom is -0.465 e. The van der Waals surface area contributed by atoms with Gasteiger partial charge in [0.25, 0.3) is 5.56 Å². The molecule has 0 saturated heterocycles. The van der Waals surface area contributed by atoms with E-state index in [4.69, 9.17) is 9.72 Å². The number of ketones is 1. The van der Waals surface area contributed by atoms with E-state index in [0.717, 1.165) is 41.7 Å². The molecule has 0 saturated carbocycles. The van der Waals surface area contributed by atoms with Crippen LogP contribution < -0.4 is 5.56 Å². The molecule has 0 fully saturated rings. The van der Waals surface area contributed by atoms with E-state index in [1.54, 1.807) is 6.92 Å². The van der Waals surface area contributed by atoms with Crippen LogP contribution in [0.5, 0.6) is 0 Å². The Hall–Kier alpha value is -2.49. The largest absolute Gasteiger partial charge is 0.465 e. The molecule has 2 aromatic heterocycles. The number of carbonyl (C=O) groups is 2. The van der Waals surface area contributed by atoms with E-state index in [2.05, 4.69) is 11.9 Å². The van der Waals surface area contributed by atoms with Gasteiger partial charge in [-0.3, -0.25) is 19.0 Å². The van der Waals surface area contributed by atoms with Crippen molar-refractivity contribution in [3.63, 3.8) is 0 Å². The molecule has 0 bridgehead atoms. The van der Waals surface area contributed by atoms with Crippen LogP contribution in [-0.2, 0) is 27.3 Å². The average molecular weight is 458 g/mol. The highest BCUT2D eigenvalue weighted by atomic mass is 32.2. The number of thioether (sulfide) groups is 1. The first-order chi connectivity index (χ1) is 14.9. The molecule has 31 heavy (non-hydrogen) atoms. The first-order valence-electron chi connectivity index (χ1n) is 10.1. The maximum Gasteiger partial charge on any atom is 0.327 e. The number of aromatic nitrogens is 2. The molecule has 1 aliphatic heterocycles. The van der Waals surface area contributed by atoms with Crippen molar-refractivity contribution < 1.29 is 14.3 Å². The normalized spacial score (nSPS) is 14.9. The number of rotatable bonds is 6. The smallest absolute Gasteiger partial charge is 0.327 e. The Morgan fingerprint density at radius 3 is 2.71 bits per heavy atom. The zero-order valence-electron chi connectivity index (χ0n) is 17.6. The molecule has 0 radical (unpaired) electrons. The number of hydrogen-bond acceptors (Lipinski definition) is 8. The topological polar surface area (TPSA) is 81.5 Å². The first kappa shape index (κ1) is 21.7. The molecule has 1 aromatic carbocycles. The minimum absolute atomic E-state index is 0.173. The van der Waals surface area contributed by atoms with E-state index in [0.29, 0.717) is 21.1 Å². The van der Waals surface area contributed by atoms with Gasteiger partial charge in [0.15, 0.2) is 16.2 Å². The van der Waals surface area contributed by atoms with Gasteiger partial charge < -0.3 is 9.64 Å². The summed E-state index contributed by atoms with van der Waals surface area (Å²) in [6, 6.07) is 9.18. The summed E-state index contributed by atoms with van der Waals surface area (Å²) in [4.78, 5) is 47.1. The number of fused-ring (bicyclic) bond motifs is 3. The Kier molecular flexibility index (Phi) is 6.27. The van der Waals surface area contributed by atoms with Crippen LogP contribution in [-0.4, -0.2) is 51.7 Å². The summed E-state index contributed by atoms with van der Waals surface area (Å²) in [7, 11) is 2.06. The second kappa shape index (κ2) is 8.94. The van der Waals surface area contributed by atoms with E-state index in [1.807, 2.05) is 30.3 Å². The second-order valence-electron chi connectivity index (χ2n) is 7.40. The second-order valence-corrected chi connectivity index (χ2v) is 9.56. The van der Waals surface area contributed by atoms with Gasteiger partial charge in [-0.2, -0.15) is 0 Å². The number of nitrogens with zero attached hydrogens (tertiary/aromatic N) is 3. The van der Waals surface area contributed by atoms with E-state index in [9.17, 15) is 14.4 Å². The van der Waals surface area contributed by atoms with Crippen LogP contribution in [0.2, 0.25) is 0 Å². The van der Waals surface area contributed by atoms with Crippen LogP contribution in [0.4, 0.5) is 0 Å². The standard InChI is InChI=1S/C22H23N3O4S2/c1-4-29-21(28)18(13(2)26)31-22-23-19-17(15-10-11-24(3)12-16(15)30-19)20(27)25(22)14-8-6-5-7-9-14/h5-9,18H,4,10-12H2,1-3H3. The van der Waals surface area contributed by atoms with Crippen molar-refractivity contribution in [3.8, 4) is 5.69 Å². The maximum absolute atomic E-state index is 13.7. The minimum atomic E-state index is -1.08. The van der Waals surface area contributed by atoms with Crippen molar-refractivity contribution in [2.45, 2.75) is 37.2 Å². The van der Waals surface area contributed by atoms with Gasteiger partial charge in [-0.25, -0.2) is 4.98 Å². The number of ether oxygens (including phenoxy) is 1. The summed E-state index contributed by atoms with van der Waals surface area (Å²) < 4.78 is 6.59. The molecule has 7 nitrogen and oxygen atoms in total. The number of likely N-dealkylation sites (N-methyl/N-ethyl adjacent to an activating group) is 1. The number of carbonyl (C=O) groups excluding carboxylic acids is 2. The van der Waals surface area contributed by atoms with Crippen molar-refractivity contribution >= 4 is 45.1 Å². The van der Waals surface area contributed by atoms with Crippen LogP contribution >= 0.6 is 23.1 Å². The van der Waals surface area contributed by atoms with Gasteiger partial charge in [0.2, 0.25) is 0 Å². The Balaban J connectivity index is 1.92. The fraction of sp³-hybridized carbons (Fsp3) is 0.364. The lowest BCUT2D eigenvalue weighted by Crippen LogP contribution is -2.30. The summed E-state index contributed by atoms with van der Waals surface area (Å²) in [6.07, 6.45) is 0.795. The van der Waals surface area contributed by atoms with Gasteiger partial charge in [-0.15, -0.1) is 11.3 Å². The summed E-state index contributed by atoms with van der Waals surface area (Å²) in [6.45, 7) is 4.87. The fourth-order valence-electron chi connectivity index (χ4n) is 3.66. The van der Waals surface area contributed by atoms with Crippen molar-refractivity contribution in [1.82, 2.24) is 14.5 Å². The molecule has 0 N–H and O–H groups in total. The number of benzene rings is 1. The SMILES string of the molecule is CCOC(=O)C(Sc1nc2sc3c(c2c(=O)n1-c1ccccc1)CCN(C)C3)C(C)=O. The van der Waals surface area contributed by atoms with E-state index in [1.165, 1.54) is 22.8 Å². The molecule has 3 aromatic rings. The van der Waals surface area contributed by atoms with Gasteiger partial charge in [0.1, 0.15) is 4.83 Å². The molecule has 1 atom stereocenters. The summed E-state index contributed by atoms with van der Waals surface area (Å²) in [5, 5.41) is -0.138. The number of hydrogen-bond donors (Lipinski definition) is 0. The third-order valence-corrected chi connectivity index (χ3v) is 7.50. The van der Waals surface area contributed by atoms with Crippen molar-refractivity contribution in [1.29, 1.82) is 0 Å². The van der Waals surface area contributed by atoms with Crippen LogP contribution in [0.25, 0.3) is 15.9 Å². The zero-order valence-corrected chi connectivity index (χ0v) is 19.2. The first-order valence-corrected chi connectivity index (χ1v) is 11.7. The van der Waals surface area contributed by atoms with E-state index < -0.39 is 11.2 Å². The third-order valence-electron chi connectivity index (χ3n) is 5.14. The van der Waals surface area contributed by atoms with Gasteiger partial charge in [0.05, 0.1) is 17.7 Å². The summed E-state index contributed by atoms with van der Waals surface area (Å²) >= 11 is 2.48. The average Bonchev–Trinajstić information content (AvgIpc) is 3.10. The van der Waals surface area contributed by atoms with Gasteiger partial charge in [0, 0.05) is 18.0 Å². The third kappa shape index (κ3) is 4.17. The number of thiophene rings is 1. The molecular formula is C22H23N3O4S2. The maximum atomic E-state index is 13.7. The Labute approximate surface area is 188 Å². The number of esters is 1. The van der Waals surface area contributed by atoms with Crippen molar-refractivity contribution in [3.05, 3.63) is 51.1 Å². The molecule has 9 heteroatoms. The van der Waals surface area contributed by atoms with Gasteiger partial charge >= 0.3 is 5.97 Å². The molecule has 4 rings (SSSR count). The monoisotopic (exact) mass is 457 g/mol. The number of Topliss-reactive ketones (excluding diaryl/α,β-unsaturated/α-hetero) is 1. The van der Waals surface area contributed by atoms with Crippen LogP contribution in [0.15, 0.2) is 40.3 Å². The highest BCUT2D eigenvalue weighted by molar-refractivity contribution is 8.01. The lowest BCUT2D eigenvalue weighted by Gasteiger charge is -2.22. The Morgan fingerprint density at radius 1 is 1.29 bits per heavy atom. The molecular weight excluding hydrogens is 434 g/mol. The van der Waals surface area contributed by atoms with E-state index in [-0.39, 0.29) is 17.9 Å². The molecule has 3 heterocycles. The predicted octanol–water partition coefficient (Wildman–Crippen LogP) is 3.05. The Morgan fingerprint density at radius 2 is 2.03 bits per heavy atom. The van der Waals surface area contributed by atoms with Gasteiger partial charge in [-0.05, 0) is 45.0 Å². The molecule has 1 unspecified atom stereocenters. The quantitative estimate of drug-likeness (QED) is 0.244. The predicted molar refractivity (Wildman–Crippen MR) is 122 cm³/mol. The molecule has 0 amide bonds. The summed E-state index contributed by atoms with van der Waals surface area (Å²) in [5.74, 6) is -0.967. The van der Waals surface area contributed by atoms with Crippen molar-refractivity contribution in [2.24, 2.45) is 0 Å². The van der Waals surface area contributed by atoms with E-state index >= 15 is 0 Å². The van der Waals surface area contributed by atoms with Crippen LogP contribution in [0.1, 0.15) is 24.3 Å². The molecule has 0 spiro atoms. The lowest BCUT2D eigenvalue weighted by atomic mass is 10.1. The highest BCUT2D eigenvalue weighted by Crippen LogP contribution is 2.34. The highest BCUT2D eigenvalue weighted by Gasteiger charge is 2.30. The van der Waals surface area contributed by atoms with Crippen LogP contribution in [0.3, 0.4) is 0 Å². The molecule has 1 aliphatic rings. The molecule has 0 aliphatic carbocycles. The lowest BCUT2D eigenvalue weighted by molar-refractivity contribution is -0.144. The van der Waals surface area contributed by atoms with Crippen LogP contribution in [0, 0.1) is 0 Å².